The molecule has 2 aromatic heterocycles. The number of carbonyl (C=O) groups is 1. The Labute approximate surface area is 207 Å². The first kappa shape index (κ1) is 24.4. The average molecular weight is 518 g/mol. The summed E-state index contributed by atoms with van der Waals surface area (Å²) in [6, 6.07) is 6.60. The highest BCUT2D eigenvalue weighted by Gasteiger charge is 2.18. The Bertz CT molecular complexity index is 1410. The van der Waals surface area contributed by atoms with Crippen LogP contribution in [0.4, 0.5) is 11.6 Å². The first-order valence-corrected chi connectivity index (χ1v) is 11.5. The minimum Gasteiger partial charge on any atom is -0.477 e. The van der Waals surface area contributed by atoms with Crippen LogP contribution >= 0.6 is 22.9 Å². The predicted octanol–water partition coefficient (Wildman–Crippen LogP) is 3.40. The molecule has 0 radical (unpaired) electrons. The van der Waals surface area contributed by atoms with Gasteiger partial charge in [0.25, 0.3) is 5.19 Å². The second kappa shape index (κ2) is 10.7. The fourth-order valence-electron chi connectivity index (χ4n) is 3.28. The Balaban J connectivity index is 1.57. The van der Waals surface area contributed by atoms with E-state index in [1.165, 1.54) is 17.9 Å². The molecule has 182 valence electrons. The highest BCUT2D eigenvalue weighted by molar-refractivity contribution is 7.15. The van der Waals surface area contributed by atoms with E-state index in [1.807, 2.05) is 12.2 Å². The summed E-state index contributed by atoms with van der Waals surface area (Å²) >= 11 is 6.91. The van der Waals surface area contributed by atoms with Gasteiger partial charge in [0.2, 0.25) is 5.95 Å². The van der Waals surface area contributed by atoms with Crippen LogP contribution in [0.3, 0.4) is 0 Å². The van der Waals surface area contributed by atoms with E-state index in [9.17, 15) is 14.4 Å². The number of halogens is 1. The first-order valence-electron chi connectivity index (χ1n) is 10.3. The van der Waals surface area contributed by atoms with Crippen LogP contribution in [-0.2, 0) is 18.0 Å². The summed E-state index contributed by atoms with van der Waals surface area (Å²) in [5, 5.41) is 12.8. The number of carboxylic acids is 1. The number of anilines is 2. The molecular weight excluding hydrogens is 498 g/mol. The second-order valence-electron chi connectivity index (χ2n) is 7.45. The number of carboxylic acid groups (broad SMARTS) is 1. The highest BCUT2D eigenvalue weighted by Crippen LogP contribution is 2.28. The van der Waals surface area contributed by atoms with Gasteiger partial charge in [-0.25, -0.2) is 23.9 Å². The molecule has 0 saturated carbocycles. The number of aromatic nitrogens is 4. The Kier molecular flexibility index (Phi) is 7.44. The first-order chi connectivity index (χ1) is 16.8. The molecule has 0 aliphatic heterocycles. The lowest BCUT2D eigenvalue weighted by molar-refractivity contribution is 0.0702. The minimum atomic E-state index is -1.08. The second-order valence-corrected chi connectivity index (χ2v) is 8.88. The maximum Gasteiger partial charge on any atom is 0.356 e. The molecule has 3 aromatic rings. The van der Waals surface area contributed by atoms with E-state index in [-0.39, 0.29) is 35.2 Å². The lowest BCUT2D eigenvalue weighted by atomic mass is 10.0. The van der Waals surface area contributed by atoms with Crippen molar-refractivity contribution in [3.8, 4) is 10.9 Å². The fourth-order valence-corrected chi connectivity index (χ4v) is 4.06. The number of rotatable bonds is 9. The van der Waals surface area contributed by atoms with Crippen LogP contribution in [0.25, 0.3) is 0 Å². The SMILES string of the molecule is COCn1c(=O)nc(Nc2ccc(Oc3ncc(C(=O)O)s3)cc2)n(CC2C=CC(Cl)=CC2)c1=O. The van der Waals surface area contributed by atoms with Gasteiger partial charge in [0.1, 0.15) is 17.4 Å². The fraction of sp³-hybridized carbons (Fsp3) is 0.227. The van der Waals surface area contributed by atoms with Gasteiger partial charge in [-0.05, 0) is 42.7 Å². The normalized spacial score (nSPS) is 15.0. The Morgan fingerprint density at radius 2 is 2.06 bits per heavy atom. The van der Waals surface area contributed by atoms with E-state index < -0.39 is 17.3 Å². The van der Waals surface area contributed by atoms with Gasteiger partial charge in [-0.1, -0.05) is 35.1 Å². The number of methoxy groups -OCH3 is 1. The summed E-state index contributed by atoms with van der Waals surface area (Å²) in [4.78, 5) is 44.6. The van der Waals surface area contributed by atoms with E-state index in [0.29, 0.717) is 22.9 Å². The predicted molar refractivity (Wildman–Crippen MR) is 130 cm³/mol. The summed E-state index contributed by atoms with van der Waals surface area (Å²) in [6.07, 6.45) is 7.40. The highest BCUT2D eigenvalue weighted by atomic mass is 35.5. The zero-order valence-electron chi connectivity index (χ0n) is 18.4. The van der Waals surface area contributed by atoms with Crippen molar-refractivity contribution in [1.82, 2.24) is 19.1 Å². The van der Waals surface area contributed by atoms with Crippen molar-refractivity contribution in [2.75, 3.05) is 12.4 Å². The maximum absolute atomic E-state index is 13.1. The maximum atomic E-state index is 13.1. The molecule has 0 saturated heterocycles. The number of ether oxygens (including phenoxy) is 2. The van der Waals surface area contributed by atoms with Crippen LogP contribution in [-0.4, -0.2) is 37.3 Å². The molecule has 0 spiro atoms. The number of hydrogen-bond donors (Lipinski definition) is 2. The van der Waals surface area contributed by atoms with Gasteiger partial charge in [-0.15, -0.1) is 0 Å². The zero-order valence-corrected chi connectivity index (χ0v) is 20.0. The molecule has 1 aromatic carbocycles. The number of benzene rings is 1. The molecular formula is C22H20ClN5O6S. The number of hydrogen-bond acceptors (Lipinski definition) is 9. The largest absolute Gasteiger partial charge is 0.477 e. The molecule has 2 N–H and O–H groups in total. The summed E-state index contributed by atoms with van der Waals surface area (Å²) < 4.78 is 12.9. The Morgan fingerprint density at radius 1 is 1.29 bits per heavy atom. The van der Waals surface area contributed by atoms with Gasteiger partial charge in [-0.3, -0.25) is 4.57 Å². The molecule has 11 nitrogen and oxygen atoms in total. The molecule has 1 aliphatic rings. The Morgan fingerprint density at radius 3 is 2.69 bits per heavy atom. The van der Waals surface area contributed by atoms with E-state index >= 15 is 0 Å². The van der Waals surface area contributed by atoms with Gasteiger partial charge in [0.15, 0.2) is 0 Å². The number of thiazole rings is 1. The van der Waals surface area contributed by atoms with Crippen molar-refractivity contribution in [2.24, 2.45) is 5.92 Å². The quantitative estimate of drug-likeness (QED) is 0.437. The topological polar surface area (TPSA) is 138 Å². The van der Waals surface area contributed by atoms with E-state index in [1.54, 1.807) is 30.3 Å². The minimum absolute atomic E-state index is 0.0178. The van der Waals surface area contributed by atoms with E-state index in [0.717, 1.165) is 15.9 Å². The molecule has 4 rings (SSSR count). The van der Waals surface area contributed by atoms with Crippen LogP contribution < -0.4 is 21.4 Å². The lowest BCUT2D eigenvalue weighted by Crippen LogP contribution is -2.43. The molecule has 35 heavy (non-hydrogen) atoms. The summed E-state index contributed by atoms with van der Waals surface area (Å²) in [5.41, 5.74) is -0.744. The van der Waals surface area contributed by atoms with Crippen molar-refractivity contribution >= 4 is 40.5 Å². The molecule has 0 fully saturated rings. The third-order valence-electron chi connectivity index (χ3n) is 4.98. The number of nitrogens with one attached hydrogen (secondary N) is 1. The molecule has 1 aliphatic carbocycles. The van der Waals surface area contributed by atoms with Crippen molar-refractivity contribution in [3.63, 3.8) is 0 Å². The van der Waals surface area contributed by atoms with Crippen molar-refractivity contribution in [2.45, 2.75) is 19.7 Å². The molecule has 1 atom stereocenters. The Hall–Kier alpha value is -3.74. The van der Waals surface area contributed by atoms with Gasteiger partial charge >= 0.3 is 17.3 Å². The third-order valence-corrected chi connectivity index (χ3v) is 6.12. The number of nitrogens with zero attached hydrogens (tertiary/aromatic N) is 4. The standard InChI is InChI=1S/C22H20ClN5O6S/c1-33-12-28-20(31)26-19(27(22(28)32)11-13-2-4-14(23)5-3-13)25-15-6-8-16(9-7-15)34-21-24-10-17(35-21)18(29)30/h2,4-10,13H,3,11-12H2,1H3,(H,29,30)(H,25,26,31). The molecule has 0 bridgehead atoms. The average Bonchev–Trinajstić information content (AvgIpc) is 3.31. The van der Waals surface area contributed by atoms with E-state index in [2.05, 4.69) is 15.3 Å². The summed E-state index contributed by atoms with van der Waals surface area (Å²) in [5.74, 6) is -0.582. The van der Waals surface area contributed by atoms with Crippen molar-refractivity contribution in [1.29, 1.82) is 0 Å². The van der Waals surface area contributed by atoms with Gasteiger partial charge in [0.05, 0.1) is 6.20 Å². The van der Waals surface area contributed by atoms with Gasteiger partial charge in [-0.2, -0.15) is 4.98 Å². The monoisotopic (exact) mass is 517 g/mol. The van der Waals surface area contributed by atoms with Gasteiger partial charge < -0.3 is 19.9 Å². The van der Waals surface area contributed by atoms with Crippen molar-refractivity contribution in [3.05, 3.63) is 79.6 Å². The smallest absolute Gasteiger partial charge is 0.356 e. The van der Waals surface area contributed by atoms with Crippen LogP contribution in [0.2, 0.25) is 0 Å². The van der Waals surface area contributed by atoms with Crippen LogP contribution in [0, 0.1) is 5.92 Å². The number of aromatic carboxylic acids is 1. The van der Waals surface area contributed by atoms with E-state index in [4.69, 9.17) is 26.2 Å². The van der Waals surface area contributed by atoms with Crippen LogP contribution in [0.1, 0.15) is 16.1 Å². The van der Waals surface area contributed by atoms with Crippen molar-refractivity contribution < 1.29 is 19.4 Å². The number of allylic oxidation sites excluding steroid dienone is 4. The molecule has 2 heterocycles. The molecule has 0 amide bonds. The molecule has 1 unspecified atom stereocenters. The summed E-state index contributed by atoms with van der Waals surface area (Å²) in [6.45, 7) is 0.0516. The van der Waals surface area contributed by atoms with Crippen LogP contribution in [0.15, 0.2) is 63.3 Å². The van der Waals surface area contributed by atoms with Gasteiger partial charge in [0, 0.05) is 24.4 Å². The molecule has 13 heteroatoms. The lowest BCUT2D eigenvalue weighted by Gasteiger charge is -2.19. The third kappa shape index (κ3) is 5.85. The van der Waals surface area contributed by atoms with Crippen LogP contribution in [0.5, 0.6) is 10.9 Å². The summed E-state index contributed by atoms with van der Waals surface area (Å²) in [7, 11) is 1.39. The zero-order chi connectivity index (χ0) is 24.9.